The number of benzene rings is 1. The summed E-state index contributed by atoms with van der Waals surface area (Å²) in [4.78, 5) is 0.0473. The quantitative estimate of drug-likeness (QED) is 0.560. The maximum atomic E-state index is 11.9. The lowest BCUT2D eigenvalue weighted by Crippen LogP contribution is -2.11. The summed E-state index contributed by atoms with van der Waals surface area (Å²) in [6.45, 7) is 4.25. The third-order valence-corrected chi connectivity index (χ3v) is 3.61. The summed E-state index contributed by atoms with van der Waals surface area (Å²) in [6, 6.07) is 4.86. The molecule has 0 amide bonds. The topological polar surface area (TPSA) is 61.8 Å². The highest BCUT2D eigenvalue weighted by Crippen LogP contribution is 2.26. The summed E-state index contributed by atoms with van der Waals surface area (Å²) >= 11 is 0. The summed E-state index contributed by atoms with van der Waals surface area (Å²) in [6.07, 6.45) is 0. The van der Waals surface area contributed by atoms with Crippen LogP contribution in [-0.4, -0.2) is 35.3 Å². The predicted octanol–water partition coefficient (Wildman–Crippen LogP) is 1.75. The van der Waals surface area contributed by atoms with Gasteiger partial charge in [0.05, 0.1) is 13.2 Å². The van der Waals surface area contributed by atoms with Crippen LogP contribution in [0.2, 0.25) is 0 Å². The van der Waals surface area contributed by atoms with Crippen molar-refractivity contribution in [3.63, 3.8) is 0 Å². The van der Waals surface area contributed by atoms with E-state index in [-0.39, 0.29) is 18.1 Å². The van der Waals surface area contributed by atoms with Gasteiger partial charge in [0.1, 0.15) is 17.3 Å². The molecular weight excluding hydrogens is 256 g/mol. The smallest absolute Gasteiger partial charge is 0.300 e. The molecule has 0 saturated heterocycles. The zero-order valence-corrected chi connectivity index (χ0v) is 11.6. The zero-order chi connectivity index (χ0) is 13.6. The van der Waals surface area contributed by atoms with Gasteiger partial charge in [-0.1, -0.05) is 6.07 Å². The van der Waals surface area contributed by atoms with Crippen molar-refractivity contribution in [2.75, 3.05) is 26.9 Å². The molecule has 0 atom stereocenters. The average Bonchev–Trinajstić information content (AvgIpc) is 2.29. The lowest BCUT2D eigenvalue weighted by Gasteiger charge is -2.12. The molecule has 0 heterocycles. The maximum absolute atomic E-state index is 11.9. The van der Waals surface area contributed by atoms with Gasteiger partial charge in [0, 0.05) is 7.11 Å². The molecule has 0 spiro atoms. The monoisotopic (exact) mass is 274 g/mol. The highest BCUT2D eigenvalue weighted by molar-refractivity contribution is 7.86. The van der Waals surface area contributed by atoms with Gasteiger partial charge in [-0.2, -0.15) is 8.42 Å². The normalized spacial score (nSPS) is 11.5. The Morgan fingerprint density at radius 3 is 2.56 bits per heavy atom. The third kappa shape index (κ3) is 3.97. The molecule has 0 saturated carbocycles. The highest BCUT2D eigenvalue weighted by Gasteiger charge is 2.20. The van der Waals surface area contributed by atoms with Crippen LogP contribution in [0, 0.1) is 6.92 Å². The number of methoxy groups -OCH3 is 1. The van der Waals surface area contributed by atoms with Crippen molar-refractivity contribution in [2.24, 2.45) is 0 Å². The molecule has 1 rings (SSSR count). The van der Waals surface area contributed by atoms with Gasteiger partial charge in [0.25, 0.3) is 0 Å². The molecule has 1 aromatic carbocycles. The van der Waals surface area contributed by atoms with E-state index in [9.17, 15) is 8.42 Å². The molecular formula is C12H18O5S. The molecule has 0 N–H and O–H groups in total. The first kappa shape index (κ1) is 14.9. The van der Waals surface area contributed by atoms with Crippen LogP contribution in [-0.2, 0) is 19.0 Å². The first-order valence-electron chi connectivity index (χ1n) is 5.63. The van der Waals surface area contributed by atoms with Crippen LogP contribution in [0.15, 0.2) is 23.1 Å². The first-order valence-corrected chi connectivity index (χ1v) is 7.04. The molecule has 1 aromatic rings. The maximum Gasteiger partial charge on any atom is 0.300 e. The van der Waals surface area contributed by atoms with Gasteiger partial charge in [-0.25, -0.2) is 0 Å². The fourth-order valence-corrected chi connectivity index (χ4v) is 2.42. The van der Waals surface area contributed by atoms with Gasteiger partial charge in [-0.05, 0) is 31.5 Å². The largest absolute Gasteiger partial charge is 0.490 e. The molecule has 102 valence electrons. The molecule has 6 heteroatoms. The fourth-order valence-electron chi connectivity index (χ4n) is 1.39. The Labute approximate surface area is 108 Å². The molecule has 0 aliphatic rings. The SMILES string of the molecule is CCOS(=O)(=O)c1ccc(C)cc1OCCOC. The number of rotatable bonds is 7. The Morgan fingerprint density at radius 1 is 1.22 bits per heavy atom. The number of aryl methyl sites for hydroxylation is 1. The standard InChI is InChI=1S/C12H18O5S/c1-4-17-18(13,14)12-6-5-10(2)9-11(12)16-8-7-15-3/h5-6,9H,4,7-8H2,1-3H3. The van der Waals surface area contributed by atoms with Crippen LogP contribution in [0.25, 0.3) is 0 Å². The van der Waals surface area contributed by atoms with Gasteiger partial charge in [0.2, 0.25) is 0 Å². The van der Waals surface area contributed by atoms with Crippen molar-refractivity contribution in [2.45, 2.75) is 18.7 Å². The van der Waals surface area contributed by atoms with E-state index in [0.717, 1.165) is 5.56 Å². The van der Waals surface area contributed by atoms with E-state index in [2.05, 4.69) is 0 Å². The Morgan fingerprint density at radius 2 is 1.94 bits per heavy atom. The van der Waals surface area contributed by atoms with Crippen LogP contribution < -0.4 is 4.74 Å². The summed E-state index contributed by atoms with van der Waals surface area (Å²) in [7, 11) is -2.21. The minimum Gasteiger partial charge on any atom is -0.490 e. The number of hydrogen-bond donors (Lipinski definition) is 0. The predicted molar refractivity (Wildman–Crippen MR) is 67.4 cm³/mol. The second kappa shape index (κ2) is 6.72. The number of ether oxygens (including phenoxy) is 2. The molecule has 0 fully saturated rings. The van der Waals surface area contributed by atoms with Gasteiger partial charge < -0.3 is 9.47 Å². The minimum atomic E-state index is -3.76. The lowest BCUT2D eigenvalue weighted by atomic mass is 10.2. The van der Waals surface area contributed by atoms with E-state index in [1.165, 1.54) is 6.07 Å². The Bertz CT molecular complexity index is 481. The molecule has 0 aliphatic carbocycles. The van der Waals surface area contributed by atoms with Crippen LogP contribution >= 0.6 is 0 Å². The van der Waals surface area contributed by atoms with Crippen molar-refractivity contribution < 1.29 is 22.1 Å². The number of hydrogen-bond acceptors (Lipinski definition) is 5. The van der Waals surface area contributed by atoms with E-state index in [1.807, 2.05) is 6.92 Å². The Hall–Kier alpha value is -1.11. The summed E-state index contributed by atoms with van der Waals surface area (Å²) in [5.74, 6) is 0.292. The molecule has 0 aliphatic heterocycles. The van der Waals surface area contributed by atoms with Crippen molar-refractivity contribution in [1.82, 2.24) is 0 Å². The summed E-state index contributed by atoms with van der Waals surface area (Å²) < 4.78 is 38.8. The van der Waals surface area contributed by atoms with E-state index >= 15 is 0 Å². The van der Waals surface area contributed by atoms with Crippen LogP contribution in [0.4, 0.5) is 0 Å². The highest BCUT2D eigenvalue weighted by atomic mass is 32.2. The van der Waals surface area contributed by atoms with Crippen LogP contribution in [0.3, 0.4) is 0 Å². The van der Waals surface area contributed by atoms with Gasteiger partial charge in [0.15, 0.2) is 0 Å². The molecule has 18 heavy (non-hydrogen) atoms. The van der Waals surface area contributed by atoms with E-state index in [0.29, 0.717) is 12.4 Å². The summed E-state index contributed by atoms with van der Waals surface area (Å²) in [5, 5.41) is 0. The second-order valence-corrected chi connectivity index (χ2v) is 5.24. The van der Waals surface area contributed by atoms with Crippen molar-refractivity contribution >= 4 is 10.1 Å². The van der Waals surface area contributed by atoms with E-state index < -0.39 is 10.1 Å². The van der Waals surface area contributed by atoms with Crippen molar-refractivity contribution in [3.05, 3.63) is 23.8 Å². The average molecular weight is 274 g/mol. The van der Waals surface area contributed by atoms with E-state index in [1.54, 1.807) is 26.2 Å². The van der Waals surface area contributed by atoms with Crippen LogP contribution in [0.5, 0.6) is 5.75 Å². The molecule has 0 radical (unpaired) electrons. The molecule has 0 aromatic heterocycles. The Kier molecular flexibility index (Phi) is 5.58. The van der Waals surface area contributed by atoms with Crippen molar-refractivity contribution in [3.8, 4) is 5.75 Å². The third-order valence-electron chi connectivity index (χ3n) is 2.19. The van der Waals surface area contributed by atoms with Gasteiger partial charge in [-0.15, -0.1) is 0 Å². The van der Waals surface area contributed by atoms with Gasteiger partial charge >= 0.3 is 10.1 Å². The van der Waals surface area contributed by atoms with Crippen molar-refractivity contribution in [1.29, 1.82) is 0 Å². The Balaban J connectivity index is 3.03. The fraction of sp³-hybridized carbons (Fsp3) is 0.500. The first-order chi connectivity index (χ1) is 8.51. The molecule has 0 unspecified atom stereocenters. The van der Waals surface area contributed by atoms with Gasteiger partial charge in [-0.3, -0.25) is 4.18 Å². The lowest BCUT2D eigenvalue weighted by molar-refractivity contribution is 0.144. The van der Waals surface area contributed by atoms with E-state index in [4.69, 9.17) is 13.7 Å². The minimum absolute atomic E-state index is 0.0473. The molecule has 5 nitrogen and oxygen atoms in total. The summed E-state index contributed by atoms with van der Waals surface area (Å²) in [5.41, 5.74) is 0.915. The molecule has 0 bridgehead atoms. The zero-order valence-electron chi connectivity index (χ0n) is 10.8. The van der Waals surface area contributed by atoms with Crippen LogP contribution in [0.1, 0.15) is 12.5 Å². The second-order valence-electron chi connectivity index (χ2n) is 3.65.